The van der Waals surface area contributed by atoms with E-state index in [4.69, 9.17) is 4.74 Å². The maximum atomic E-state index is 12.4. The molecule has 10 heteroatoms. The van der Waals surface area contributed by atoms with Crippen LogP contribution >= 0.6 is 11.8 Å². The second kappa shape index (κ2) is 12.3. The number of pyridine rings is 1. The molecule has 0 unspecified atom stereocenters. The lowest BCUT2D eigenvalue weighted by Gasteiger charge is -2.15. The van der Waals surface area contributed by atoms with Crippen LogP contribution in [0.3, 0.4) is 0 Å². The van der Waals surface area contributed by atoms with Gasteiger partial charge in [-0.1, -0.05) is 43.8 Å². The Labute approximate surface area is 210 Å². The van der Waals surface area contributed by atoms with Crippen molar-refractivity contribution in [2.75, 3.05) is 17.7 Å². The van der Waals surface area contributed by atoms with Crippen LogP contribution in [0, 0.1) is 13.8 Å². The van der Waals surface area contributed by atoms with Gasteiger partial charge in [0.1, 0.15) is 11.6 Å². The number of anilines is 1. The second-order valence-electron chi connectivity index (χ2n) is 8.41. The quantitative estimate of drug-likeness (QED) is 0.388. The van der Waals surface area contributed by atoms with Crippen LogP contribution in [-0.2, 0) is 22.7 Å². The third-order valence-electron chi connectivity index (χ3n) is 5.30. The van der Waals surface area contributed by atoms with E-state index in [-0.39, 0.29) is 30.7 Å². The summed E-state index contributed by atoms with van der Waals surface area (Å²) in [6.45, 7) is 10.8. The summed E-state index contributed by atoms with van der Waals surface area (Å²) in [6, 6.07) is 9.73. The minimum atomic E-state index is -0.244. The Bertz CT molecular complexity index is 1180. The van der Waals surface area contributed by atoms with Crippen molar-refractivity contribution in [1.29, 1.82) is 0 Å². The predicted octanol–water partition coefficient (Wildman–Crippen LogP) is 3.86. The Balaban J connectivity index is 1.52. The molecule has 0 spiro atoms. The fourth-order valence-corrected chi connectivity index (χ4v) is 4.23. The molecule has 186 valence electrons. The summed E-state index contributed by atoms with van der Waals surface area (Å²) in [5.74, 6) is 1.93. The summed E-state index contributed by atoms with van der Waals surface area (Å²) in [4.78, 5) is 28.9. The number of amides is 2. The third-order valence-corrected chi connectivity index (χ3v) is 6.27. The average molecular weight is 497 g/mol. The SMILES string of the molecule is CCn1c(CNC(=O)COc2cc(C)ccc2C(C)C)nnc1SCC(=O)Nc1ncccc1C. The first-order valence-corrected chi connectivity index (χ1v) is 12.5. The molecule has 35 heavy (non-hydrogen) atoms. The van der Waals surface area contributed by atoms with Crippen LogP contribution in [0.15, 0.2) is 41.7 Å². The van der Waals surface area contributed by atoms with E-state index < -0.39 is 0 Å². The molecular weight excluding hydrogens is 464 g/mol. The number of thioether (sulfide) groups is 1. The highest BCUT2D eigenvalue weighted by Gasteiger charge is 2.15. The molecule has 0 radical (unpaired) electrons. The standard InChI is InChI=1S/C25H32N6O3S/c1-6-31-21(13-27-22(32)14-34-20-12-17(4)9-10-19(20)16(2)3)29-30-25(31)35-15-23(33)28-24-18(5)8-7-11-26-24/h7-12,16H,6,13-15H2,1-5H3,(H,27,32)(H,26,28,33). The van der Waals surface area contributed by atoms with Crippen molar-refractivity contribution in [1.82, 2.24) is 25.1 Å². The van der Waals surface area contributed by atoms with Gasteiger partial charge < -0.3 is 19.9 Å². The van der Waals surface area contributed by atoms with Crippen LogP contribution in [0.25, 0.3) is 0 Å². The van der Waals surface area contributed by atoms with Crippen molar-refractivity contribution in [2.45, 2.75) is 58.8 Å². The van der Waals surface area contributed by atoms with Crippen molar-refractivity contribution in [3.8, 4) is 5.75 Å². The van der Waals surface area contributed by atoms with E-state index in [0.717, 1.165) is 22.4 Å². The zero-order chi connectivity index (χ0) is 25.4. The Hall–Kier alpha value is -3.40. The van der Waals surface area contributed by atoms with E-state index in [0.29, 0.717) is 29.3 Å². The number of aryl methyl sites for hydroxylation is 2. The lowest BCUT2D eigenvalue weighted by atomic mass is 10.0. The number of carbonyl (C=O) groups is 2. The molecule has 2 amide bonds. The van der Waals surface area contributed by atoms with Gasteiger partial charge in [0.2, 0.25) is 5.91 Å². The van der Waals surface area contributed by atoms with Crippen LogP contribution in [0.5, 0.6) is 5.75 Å². The van der Waals surface area contributed by atoms with Crippen LogP contribution in [0.2, 0.25) is 0 Å². The molecule has 9 nitrogen and oxygen atoms in total. The predicted molar refractivity (Wildman–Crippen MR) is 137 cm³/mol. The molecule has 0 aliphatic rings. The lowest BCUT2D eigenvalue weighted by molar-refractivity contribution is -0.123. The van der Waals surface area contributed by atoms with Gasteiger partial charge >= 0.3 is 0 Å². The molecule has 3 aromatic rings. The number of nitrogens with one attached hydrogen (secondary N) is 2. The van der Waals surface area contributed by atoms with E-state index in [1.165, 1.54) is 11.8 Å². The van der Waals surface area contributed by atoms with E-state index in [1.54, 1.807) is 6.20 Å². The van der Waals surface area contributed by atoms with Gasteiger partial charge in [0, 0.05) is 12.7 Å². The first-order chi connectivity index (χ1) is 16.8. The fraction of sp³-hybridized carbons (Fsp3) is 0.400. The number of rotatable bonds is 11. The van der Waals surface area contributed by atoms with Crippen LogP contribution in [0.1, 0.15) is 49.2 Å². The Morgan fingerprint density at radius 1 is 1.14 bits per heavy atom. The van der Waals surface area contributed by atoms with Gasteiger partial charge in [0.05, 0.1) is 12.3 Å². The zero-order valence-electron chi connectivity index (χ0n) is 20.8. The first-order valence-electron chi connectivity index (χ1n) is 11.5. The van der Waals surface area contributed by atoms with Gasteiger partial charge in [0.25, 0.3) is 5.91 Å². The summed E-state index contributed by atoms with van der Waals surface area (Å²) in [5, 5.41) is 14.6. The van der Waals surface area contributed by atoms with Crippen molar-refractivity contribution >= 4 is 29.4 Å². The summed E-state index contributed by atoms with van der Waals surface area (Å²) in [6.07, 6.45) is 1.64. The van der Waals surface area contributed by atoms with Gasteiger partial charge in [0.15, 0.2) is 17.6 Å². The van der Waals surface area contributed by atoms with Crippen molar-refractivity contribution in [2.24, 2.45) is 0 Å². The fourth-order valence-electron chi connectivity index (χ4n) is 3.40. The maximum Gasteiger partial charge on any atom is 0.258 e. The van der Waals surface area contributed by atoms with E-state index in [1.807, 2.05) is 55.7 Å². The van der Waals surface area contributed by atoms with Gasteiger partial charge in [-0.2, -0.15) is 0 Å². The van der Waals surface area contributed by atoms with Crippen molar-refractivity contribution < 1.29 is 14.3 Å². The number of benzene rings is 1. The van der Waals surface area contributed by atoms with Crippen LogP contribution in [0.4, 0.5) is 5.82 Å². The second-order valence-corrected chi connectivity index (χ2v) is 9.35. The highest BCUT2D eigenvalue weighted by molar-refractivity contribution is 7.99. The first kappa shape index (κ1) is 26.2. The molecule has 0 fully saturated rings. The van der Waals surface area contributed by atoms with Crippen LogP contribution in [-0.4, -0.2) is 43.9 Å². The largest absolute Gasteiger partial charge is 0.483 e. The molecular formula is C25H32N6O3S. The van der Waals surface area contributed by atoms with Gasteiger partial charge in [-0.25, -0.2) is 4.98 Å². The number of hydrogen-bond acceptors (Lipinski definition) is 7. The summed E-state index contributed by atoms with van der Waals surface area (Å²) >= 11 is 1.29. The minimum absolute atomic E-state index is 0.0852. The molecule has 2 heterocycles. The van der Waals surface area contributed by atoms with E-state index >= 15 is 0 Å². The van der Waals surface area contributed by atoms with Gasteiger partial charge in [-0.05, 0) is 55.5 Å². The number of ether oxygens (including phenoxy) is 1. The molecule has 2 N–H and O–H groups in total. The summed E-state index contributed by atoms with van der Waals surface area (Å²) in [7, 11) is 0. The summed E-state index contributed by atoms with van der Waals surface area (Å²) in [5.41, 5.74) is 3.04. The Kier molecular flexibility index (Phi) is 9.25. The average Bonchev–Trinajstić information content (AvgIpc) is 3.23. The third kappa shape index (κ3) is 7.29. The van der Waals surface area contributed by atoms with Crippen molar-refractivity contribution in [3.63, 3.8) is 0 Å². The molecule has 2 aromatic heterocycles. The summed E-state index contributed by atoms with van der Waals surface area (Å²) < 4.78 is 7.68. The molecule has 0 aliphatic heterocycles. The maximum absolute atomic E-state index is 12.4. The molecule has 3 rings (SSSR count). The monoisotopic (exact) mass is 496 g/mol. The molecule has 0 aliphatic carbocycles. The molecule has 1 aromatic carbocycles. The molecule has 0 atom stereocenters. The number of aromatic nitrogens is 4. The highest BCUT2D eigenvalue weighted by atomic mass is 32.2. The van der Waals surface area contributed by atoms with Gasteiger partial charge in [-0.15, -0.1) is 10.2 Å². The highest BCUT2D eigenvalue weighted by Crippen LogP contribution is 2.27. The lowest BCUT2D eigenvalue weighted by Crippen LogP contribution is -2.29. The molecule has 0 bridgehead atoms. The minimum Gasteiger partial charge on any atom is -0.483 e. The van der Waals surface area contributed by atoms with E-state index in [9.17, 15) is 9.59 Å². The Morgan fingerprint density at radius 3 is 2.66 bits per heavy atom. The van der Waals surface area contributed by atoms with Crippen LogP contribution < -0.4 is 15.4 Å². The number of nitrogens with zero attached hydrogens (tertiary/aromatic N) is 4. The Morgan fingerprint density at radius 2 is 1.94 bits per heavy atom. The van der Waals surface area contributed by atoms with Gasteiger partial charge in [-0.3, -0.25) is 9.59 Å². The molecule has 0 saturated heterocycles. The normalized spacial score (nSPS) is 10.9. The number of carbonyl (C=O) groups excluding carboxylic acids is 2. The molecule has 0 saturated carbocycles. The number of hydrogen-bond donors (Lipinski definition) is 2. The van der Waals surface area contributed by atoms with E-state index in [2.05, 4.69) is 39.7 Å². The zero-order valence-corrected chi connectivity index (χ0v) is 21.6. The smallest absolute Gasteiger partial charge is 0.258 e. The van der Waals surface area contributed by atoms with Crippen molar-refractivity contribution in [3.05, 3.63) is 59.0 Å². The topological polar surface area (TPSA) is 111 Å².